The van der Waals surface area contributed by atoms with Gasteiger partial charge in [0.1, 0.15) is 0 Å². The fraction of sp³-hybridized carbons (Fsp3) is 0.950. The molecule has 158 valence electrons. The molecular formula is C20H40IN5O. The van der Waals surface area contributed by atoms with Crippen LogP contribution in [0.15, 0.2) is 4.99 Å². The third-order valence-electron chi connectivity index (χ3n) is 5.98. The monoisotopic (exact) mass is 493 g/mol. The molecule has 2 saturated heterocycles. The van der Waals surface area contributed by atoms with Crippen molar-refractivity contribution in [1.82, 2.24) is 20.4 Å². The maximum Gasteiger partial charge on any atom is 0.191 e. The number of hydrogen-bond donors (Lipinski definition) is 2. The Morgan fingerprint density at radius 2 is 1.89 bits per heavy atom. The largest absolute Gasteiger partial charge is 0.379 e. The van der Waals surface area contributed by atoms with E-state index in [1.807, 2.05) is 0 Å². The average molecular weight is 493 g/mol. The van der Waals surface area contributed by atoms with E-state index in [0.29, 0.717) is 12.0 Å². The van der Waals surface area contributed by atoms with Crippen LogP contribution in [0.25, 0.3) is 0 Å². The minimum absolute atomic E-state index is 0. The molecule has 2 aliphatic heterocycles. The molecule has 2 unspecified atom stereocenters. The maximum atomic E-state index is 5.44. The molecule has 6 nitrogen and oxygen atoms in total. The molecule has 0 amide bonds. The summed E-state index contributed by atoms with van der Waals surface area (Å²) in [4.78, 5) is 10.1. The lowest BCUT2D eigenvalue weighted by molar-refractivity contribution is 0.0323. The van der Waals surface area contributed by atoms with Gasteiger partial charge in [-0.05, 0) is 32.1 Å². The molecule has 0 aromatic rings. The molecule has 7 heteroatoms. The Hall–Kier alpha value is -0.120. The van der Waals surface area contributed by atoms with Gasteiger partial charge in [-0.2, -0.15) is 0 Å². The van der Waals surface area contributed by atoms with E-state index >= 15 is 0 Å². The van der Waals surface area contributed by atoms with Crippen LogP contribution in [0.5, 0.6) is 0 Å². The van der Waals surface area contributed by atoms with Crippen LogP contribution in [0.1, 0.15) is 46.0 Å². The van der Waals surface area contributed by atoms with Crippen LogP contribution in [0.3, 0.4) is 0 Å². The Labute approximate surface area is 182 Å². The molecule has 0 bridgehead atoms. The van der Waals surface area contributed by atoms with Gasteiger partial charge in [-0.3, -0.25) is 14.8 Å². The quantitative estimate of drug-likeness (QED) is 0.324. The Kier molecular flexibility index (Phi) is 10.7. The second-order valence-electron chi connectivity index (χ2n) is 8.30. The number of guanidine groups is 1. The van der Waals surface area contributed by atoms with Crippen molar-refractivity contribution in [2.24, 2.45) is 10.9 Å². The topological polar surface area (TPSA) is 52.1 Å². The van der Waals surface area contributed by atoms with Crippen molar-refractivity contribution in [3.63, 3.8) is 0 Å². The van der Waals surface area contributed by atoms with Gasteiger partial charge in [0.2, 0.25) is 0 Å². The van der Waals surface area contributed by atoms with Gasteiger partial charge in [0, 0.05) is 57.9 Å². The van der Waals surface area contributed by atoms with Crippen LogP contribution >= 0.6 is 24.0 Å². The average Bonchev–Trinajstić information content (AvgIpc) is 3.32. The van der Waals surface area contributed by atoms with Gasteiger partial charge in [0.25, 0.3) is 0 Å². The van der Waals surface area contributed by atoms with Crippen LogP contribution in [0.4, 0.5) is 0 Å². The van der Waals surface area contributed by atoms with E-state index in [0.717, 1.165) is 57.9 Å². The maximum absolute atomic E-state index is 5.44. The zero-order chi connectivity index (χ0) is 18.2. The van der Waals surface area contributed by atoms with Crippen LogP contribution < -0.4 is 10.6 Å². The molecular weight excluding hydrogens is 453 g/mol. The van der Waals surface area contributed by atoms with E-state index in [1.54, 1.807) is 0 Å². The highest BCUT2D eigenvalue weighted by atomic mass is 127. The smallest absolute Gasteiger partial charge is 0.191 e. The number of halogens is 1. The second-order valence-corrected chi connectivity index (χ2v) is 8.30. The Balaban J connectivity index is 0.00000261. The minimum Gasteiger partial charge on any atom is -0.379 e. The molecule has 1 aliphatic carbocycles. The summed E-state index contributed by atoms with van der Waals surface area (Å²) < 4.78 is 5.44. The SMILES string of the molecule is CCNC(=NCC(C)CN1CCOCC1)NC1CCN(C2CCCC2)C1.I. The summed E-state index contributed by atoms with van der Waals surface area (Å²) in [5.74, 6) is 1.57. The zero-order valence-electron chi connectivity index (χ0n) is 17.3. The molecule has 0 radical (unpaired) electrons. The van der Waals surface area contributed by atoms with Gasteiger partial charge in [-0.25, -0.2) is 0 Å². The van der Waals surface area contributed by atoms with Crippen molar-refractivity contribution in [3.8, 4) is 0 Å². The van der Waals surface area contributed by atoms with Crippen molar-refractivity contribution in [2.45, 2.75) is 58.0 Å². The third kappa shape index (κ3) is 7.66. The molecule has 0 aromatic heterocycles. The first-order valence-corrected chi connectivity index (χ1v) is 10.8. The molecule has 1 saturated carbocycles. The predicted molar refractivity (Wildman–Crippen MR) is 123 cm³/mol. The molecule has 27 heavy (non-hydrogen) atoms. The summed E-state index contributed by atoms with van der Waals surface area (Å²) in [7, 11) is 0. The number of ether oxygens (including phenoxy) is 1. The molecule has 0 aromatic carbocycles. The van der Waals surface area contributed by atoms with Gasteiger partial charge in [-0.15, -0.1) is 24.0 Å². The lowest BCUT2D eigenvalue weighted by atomic mass is 10.1. The van der Waals surface area contributed by atoms with Gasteiger partial charge >= 0.3 is 0 Å². The van der Waals surface area contributed by atoms with Gasteiger partial charge in [-0.1, -0.05) is 19.8 Å². The minimum atomic E-state index is 0. The highest BCUT2D eigenvalue weighted by molar-refractivity contribution is 14.0. The fourth-order valence-corrected chi connectivity index (χ4v) is 4.55. The molecule has 3 rings (SSSR count). The van der Waals surface area contributed by atoms with Gasteiger partial charge < -0.3 is 15.4 Å². The van der Waals surface area contributed by atoms with Crippen LogP contribution in [-0.4, -0.2) is 86.9 Å². The number of nitrogens with zero attached hydrogens (tertiary/aromatic N) is 3. The summed E-state index contributed by atoms with van der Waals surface area (Å²) in [6.07, 6.45) is 6.89. The van der Waals surface area contributed by atoms with Crippen LogP contribution in [0, 0.1) is 5.92 Å². The van der Waals surface area contributed by atoms with E-state index in [2.05, 4.69) is 34.3 Å². The summed E-state index contributed by atoms with van der Waals surface area (Å²) in [5.41, 5.74) is 0. The van der Waals surface area contributed by atoms with Crippen molar-refractivity contribution in [3.05, 3.63) is 0 Å². The van der Waals surface area contributed by atoms with Crippen molar-refractivity contribution in [2.75, 3.05) is 59.0 Å². The molecule has 0 spiro atoms. The lowest BCUT2D eigenvalue weighted by Crippen LogP contribution is -2.45. The number of nitrogens with one attached hydrogen (secondary N) is 2. The molecule has 2 heterocycles. The highest BCUT2D eigenvalue weighted by Gasteiger charge is 2.30. The Morgan fingerprint density at radius 1 is 1.15 bits per heavy atom. The number of morpholine rings is 1. The van der Waals surface area contributed by atoms with Gasteiger partial charge in [0.05, 0.1) is 13.2 Å². The Bertz CT molecular complexity index is 438. The van der Waals surface area contributed by atoms with Crippen molar-refractivity contribution < 1.29 is 4.74 Å². The van der Waals surface area contributed by atoms with Crippen molar-refractivity contribution >= 4 is 29.9 Å². The number of rotatable bonds is 7. The summed E-state index contributed by atoms with van der Waals surface area (Å²) in [6, 6.07) is 1.39. The van der Waals surface area contributed by atoms with Crippen LogP contribution in [0.2, 0.25) is 0 Å². The second kappa shape index (κ2) is 12.4. The zero-order valence-corrected chi connectivity index (χ0v) is 19.6. The first kappa shape index (κ1) is 23.2. The van der Waals surface area contributed by atoms with Crippen molar-refractivity contribution in [1.29, 1.82) is 0 Å². The number of likely N-dealkylation sites (tertiary alicyclic amines) is 1. The molecule has 3 aliphatic rings. The molecule has 2 N–H and O–H groups in total. The molecule has 3 fully saturated rings. The third-order valence-corrected chi connectivity index (χ3v) is 5.98. The van der Waals surface area contributed by atoms with E-state index < -0.39 is 0 Å². The summed E-state index contributed by atoms with van der Waals surface area (Å²) in [5, 5.41) is 7.13. The predicted octanol–water partition coefficient (Wildman–Crippen LogP) is 2.14. The number of aliphatic imine (C=N–C) groups is 1. The lowest BCUT2D eigenvalue weighted by Gasteiger charge is -2.28. The van der Waals surface area contributed by atoms with E-state index in [4.69, 9.17) is 9.73 Å². The standard InChI is InChI=1S/C20H39N5O.HI/c1-3-21-20(22-14-17(2)15-24-10-12-26-13-11-24)23-18-8-9-25(16-18)19-6-4-5-7-19;/h17-19H,3-16H2,1-2H3,(H2,21,22,23);1H. The number of hydrogen-bond acceptors (Lipinski definition) is 4. The fourth-order valence-electron chi connectivity index (χ4n) is 4.55. The van der Waals surface area contributed by atoms with E-state index in [1.165, 1.54) is 45.2 Å². The highest BCUT2D eigenvalue weighted by Crippen LogP contribution is 2.26. The van der Waals surface area contributed by atoms with E-state index in [9.17, 15) is 0 Å². The molecule has 2 atom stereocenters. The first-order chi connectivity index (χ1) is 12.7. The Morgan fingerprint density at radius 3 is 2.59 bits per heavy atom. The summed E-state index contributed by atoms with van der Waals surface area (Å²) >= 11 is 0. The van der Waals surface area contributed by atoms with Gasteiger partial charge in [0.15, 0.2) is 5.96 Å². The van der Waals surface area contributed by atoms with E-state index in [-0.39, 0.29) is 24.0 Å². The normalized spacial score (nSPS) is 26.7. The summed E-state index contributed by atoms with van der Waals surface area (Å²) in [6.45, 7) is 13.7. The first-order valence-electron chi connectivity index (χ1n) is 10.8. The van der Waals surface area contributed by atoms with Crippen LogP contribution in [-0.2, 0) is 4.74 Å².